The molecule has 0 saturated carbocycles. The van der Waals surface area contributed by atoms with Crippen LogP contribution in [0.1, 0.15) is 19.9 Å². The molecule has 3 aromatic rings. The van der Waals surface area contributed by atoms with Crippen molar-refractivity contribution in [3.8, 4) is 5.69 Å². The van der Waals surface area contributed by atoms with Crippen molar-refractivity contribution in [3.05, 3.63) is 56.5 Å². The van der Waals surface area contributed by atoms with Crippen LogP contribution in [0.5, 0.6) is 0 Å². The third-order valence-electron chi connectivity index (χ3n) is 4.02. The molecule has 3 rings (SSSR count). The van der Waals surface area contributed by atoms with Crippen molar-refractivity contribution >= 4 is 22.8 Å². The molecule has 1 aromatic carbocycles. The lowest BCUT2D eigenvalue weighted by molar-refractivity contribution is 0.184. The van der Waals surface area contributed by atoms with E-state index in [0.717, 1.165) is 0 Å². The number of fused-ring (bicyclic) bond motifs is 1. The highest BCUT2D eigenvalue weighted by Gasteiger charge is 2.19. The van der Waals surface area contributed by atoms with Crippen molar-refractivity contribution < 1.29 is 4.74 Å². The Morgan fingerprint density at radius 3 is 2.48 bits per heavy atom. The molecule has 0 bridgehead atoms. The Labute approximate surface area is 149 Å². The van der Waals surface area contributed by atoms with Gasteiger partial charge in [0.05, 0.1) is 25.2 Å². The molecule has 0 amide bonds. The molecule has 7 nitrogen and oxygen atoms in total. The quantitative estimate of drug-likeness (QED) is 0.697. The predicted octanol–water partition coefficient (Wildman–Crippen LogP) is 2.23. The minimum absolute atomic E-state index is 0.0322. The Bertz CT molecular complexity index is 1020. The van der Waals surface area contributed by atoms with Crippen LogP contribution in [0.4, 0.5) is 0 Å². The second-order valence-corrected chi connectivity index (χ2v) is 6.40. The molecule has 0 aliphatic carbocycles. The first-order chi connectivity index (χ1) is 12.0. The fraction of sp³-hybridized carbons (Fsp3) is 0.353. The minimum atomic E-state index is -0.453. The summed E-state index contributed by atoms with van der Waals surface area (Å²) < 4.78 is 9.42. The SMILES string of the molecule is COCCn1c(=O)c2c(ncn2C(C)C)n(-c2ccc(Cl)cc2)c1=O. The van der Waals surface area contributed by atoms with Crippen LogP contribution in [0.25, 0.3) is 16.9 Å². The summed E-state index contributed by atoms with van der Waals surface area (Å²) in [6.45, 7) is 4.34. The van der Waals surface area contributed by atoms with Crippen LogP contribution in [0.15, 0.2) is 40.2 Å². The van der Waals surface area contributed by atoms with Gasteiger partial charge in [0.1, 0.15) is 0 Å². The molecule has 0 fully saturated rings. The molecular formula is C17H19ClN4O3. The van der Waals surface area contributed by atoms with Crippen LogP contribution in [0, 0.1) is 0 Å². The maximum Gasteiger partial charge on any atom is 0.337 e. The Kier molecular flexibility index (Phi) is 4.78. The first-order valence-electron chi connectivity index (χ1n) is 7.93. The van der Waals surface area contributed by atoms with E-state index in [1.807, 2.05) is 13.8 Å². The highest BCUT2D eigenvalue weighted by Crippen LogP contribution is 2.18. The van der Waals surface area contributed by atoms with Gasteiger partial charge in [-0.05, 0) is 38.1 Å². The van der Waals surface area contributed by atoms with Gasteiger partial charge in [-0.2, -0.15) is 0 Å². The molecule has 0 unspecified atom stereocenters. The van der Waals surface area contributed by atoms with Crippen molar-refractivity contribution in [1.29, 1.82) is 0 Å². The summed E-state index contributed by atoms with van der Waals surface area (Å²) in [5.41, 5.74) is 0.499. The van der Waals surface area contributed by atoms with Gasteiger partial charge in [-0.1, -0.05) is 11.6 Å². The van der Waals surface area contributed by atoms with Gasteiger partial charge in [0, 0.05) is 18.2 Å². The van der Waals surface area contributed by atoms with Crippen molar-refractivity contribution in [2.45, 2.75) is 26.4 Å². The monoisotopic (exact) mass is 362 g/mol. The Hall–Kier alpha value is -2.38. The smallest absolute Gasteiger partial charge is 0.337 e. The lowest BCUT2D eigenvalue weighted by Crippen LogP contribution is -2.41. The maximum absolute atomic E-state index is 13.0. The highest BCUT2D eigenvalue weighted by molar-refractivity contribution is 6.30. The number of hydrogen-bond acceptors (Lipinski definition) is 4. The third kappa shape index (κ3) is 3.01. The molecule has 0 aliphatic rings. The predicted molar refractivity (Wildman–Crippen MR) is 96.9 cm³/mol. The molecule has 0 spiro atoms. The molecule has 2 aromatic heterocycles. The number of ether oxygens (including phenoxy) is 1. The summed E-state index contributed by atoms with van der Waals surface area (Å²) in [6, 6.07) is 6.87. The molecular weight excluding hydrogens is 344 g/mol. The molecule has 0 radical (unpaired) electrons. The highest BCUT2D eigenvalue weighted by atomic mass is 35.5. The number of benzene rings is 1. The van der Waals surface area contributed by atoms with Crippen LogP contribution in [-0.4, -0.2) is 32.4 Å². The van der Waals surface area contributed by atoms with E-state index in [1.54, 1.807) is 35.2 Å². The fourth-order valence-electron chi connectivity index (χ4n) is 2.74. The van der Waals surface area contributed by atoms with E-state index >= 15 is 0 Å². The molecule has 0 saturated heterocycles. The lowest BCUT2D eigenvalue weighted by atomic mass is 10.3. The zero-order valence-corrected chi connectivity index (χ0v) is 15.0. The number of imidazole rings is 1. The summed E-state index contributed by atoms with van der Waals surface area (Å²) in [7, 11) is 1.53. The van der Waals surface area contributed by atoms with Crippen molar-refractivity contribution in [2.24, 2.45) is 0 Å². The first kappa shape index (κ1) is 17.4. The van der Waals surface area contributed by atoms with Crippen LogP contribution >= 0.6 is 11.6 Å². The summed E-state index contributed by atoms with van der Waals surface area (Å²) in [5, 5.41) is 0.563. The van der Waals surface area contributed by atoms with Crippen molar-refractivity contribution in [3.63, 3.8) is 0 Å². The van der Waals surface area contributed by atoms with E-state index in [9.17, 15) is 9.59 Å². The summed E-state index contributed by atoms with van der Waals surface area (Å²) in [4.78, 5) is 30.2. The number of halogens is 1. The van der Waals surface area contributed by atoms with E-state index in [1.165, 1.54) is 16.2 Å². The maximum atomic E-state index is 13.0. The average Bonchev–Trinajstić information content (AvgIpc) is 3.01. The minimum Gasteiger partial charge on any atom is -0.383 e. The largest absolute Gasteiger partial charge is 0.383 e. The van der Waals surface area contributed by atoms with Crippen LogP contribution < -0.4 is 11.2 Å². The van der Waals surface area contributed by atoms with Crippen molar-refractivity contribution in [1.82, 2.24) is 18.7 Å². The van der Waals surface area contributed by atoms with E-state index < -0.39 is 5.69 Å². The zero-order chi connectivity index (χ0) is 18.1. The Morgan fingerprint density at radius 1 is 1.20 bits per heavy atom. The van der Waals surface area contributed by atoms with Gasteiger partial charge in [0.15, 0.2) is 11.2 Å². The number of methoxy groups -OCH3 is 1. The molecule has 0 aliphatic heterocycles. The summed E-state index contributed by atoms with van der Waals surface area (Å²) in [6.07, 6.45) is 1.59. The van der Waals surface area contributed by atoms with Gasteiger partial charge in [-0.15, -0.1) is 0 Å². The van der Waals surface area contributed by atoms with Gasteiger partial charge in [-0.3, -0.25) is 9.36 Å². The number of hydrogen-bond donors (Lipinski definition) is 0. The third-order valence-corrected chi connectivity index (χ3v) is 4.27. The zero-order valence-electron chi connectivity index (χ0n) is 14.3. The van der Waals surface area contributed by atoms with Gasteiger partial charge < -0.3 is 9.30 Å². The van der Waals surface area contributed by atoms with Crippen LogP contribution in [0.3, 0.4) is 0 Å². The van der Waals surface area contributed by atoms with Crippen LogP contribution in [0.2, 0.25) is 5.02 Å². The van der Waals surface area contributed by atoms with Gasteiger partial charge in [0.2, 0.25) is 0 Å². The molecule has 0 atom stereocenters. The number of aromatic nitrogens is 4. The van der Waals surface area contributed by atoms with E-state index in [-0.39, 0.29) is 24.8 Å². The molecule has 132 valence electrons. The fourth-order valence-corrected chi connectivity index (χ4v) is 2.87. The van der Waals surface area contributed by atoms with Gasteiger partial charge in [0.25, 0.3) is 5.56 Å². The standard InChI is InChI=1S/C17H19ClN4O3/c1-11(2)21-10-19-15-14(21)16(23)20(8-9-25-3)17(24)22(15)13-6-4-12(18)5-7-13/h4-7,10-11H,8-9H2,1-3H3. The first-order valence-corrected chi connectivity index (χ1v) is 8.30. The van der Waals surface area contributed by atoms with E-state index in [0.29, 0.717) is 21.9 Å². The lowest BCUT2D eigenvalue weighted by Gasteiger charge is -2.13. The second kappa shape index (κ2) is 6.85. The van der Waals surface area contributed by atoms with Gasteiger partial charge >= 0.3 is 5.69 Å². The number of nitrogens with zero attached hydrogens (tertiary/aromatic N) is 4. The molecule has 25 heavy (non-hydrogen) atoms. The Balaban J connectivity index is 2.40. The van der Waals surface area contributed by atoms with E-state index in [2.05, 4.69) is 4.98 Å². The summed E-state index contributed by atoms with van der Waals surface area (Å²) in [5.74, 6) is 0. The van der Waals surface area contributed by atoms with E-state index in [4.69, 9.17) is 16.3 Å². The Morgan fingerprint density at radius 2 is 1.88 bits per heavy atom. The molecule has 2 heterocycles. The van der Waals surface area contributed by atoms with Crippen molar-refractivity contribution in [2.75, 3.05) is 13.7 Å². The number of rotatable bonds is 5. The van der Waals surface area contributed by atoms with Crippen LogP contribution in [-0.2, 0) is 11.3 Å². The topological polar surface area (TPSA) is 71.1 Å². The molecule has 8 heteroatoms. The van der Waals surface area contributed by atoms with Gasteiger partial charge in [-0.25, -0.2) is 14.3 Å². The molecule has 0 N–H and O–H groups in total. The second-order valence-electron chi connectivity index (χ2n) is 5.96. The summed E-state index contributed by atoms with van der Waals surface area (Å²) >= 11 is 5.95. The normalized spacial score (nSPS) is 11.6. The average molecular weight is 363 g/mol.